The lowest BCUT2D eigenvalue weighted by molar-refractivity contribution is -0.136. The Kier molecular flexibility index (Phi) is 7.85. The largest absolute Gasteiger partial charge is 0.371 e. The van der Waals surface area contributed by atoms with Crippen molar-refractivity contribution in [3.8, 4) is 0 Å². The first-order valence-corrected chi connectivity index (χ1v) is 19.5. The molecule has 1 aliphatic carbocycles. The molecule has 12 heteroatoms. The fourth-order valence-electron chi connectivity index (χ4n) is 10.1. The number of hydrogen-bond donors (Lipinski definition) is 1. The van der Waals surface area contributed by atoms with Crippen molar-refractivity contribution in [2.75, 3.05) is 31.1 Å². The number of fused-ring (bicyclic) bond motifs is 6. The zero-order valence-electron chi connectivity index (χ0n) is 29.9. The molecular weight excluding hydrogens is 669 g/mol. The van der Waals surface area contributed by atoms with Gasteiger partial charge in [-0.05, 0) is 105 Å². The molecular formula is C41H44N8O4. The molecule has 5 aliphatic rings. The summed E-state index contributed by atoms with van der Waals surface area (Å²) in [7, 11) is 0. The van der Waals surface area contributed by atoms with Crippen LogP contribution in [0.5, 0.6) is 0 Å². The normalized spacial score (nSPS) is 22.5. The molecule has 2 aromatic carbocycles. The van der Waals surface area contributed by atoms with Gasteiger partial charge in [-0.25, -0.2) is 0 Å². The van der Waals surface area contributed by atoms with Crippen molar-refractivity contribution in [3.05, 3.63) is 81.9 Å². The van der Waals surface area contributed by atoms with Crippen molar-refractivity contribution >= 4 is 51.1 Å². The summed E-state index contributed by atoms with van der Waals surface area (Å²) in [5.41, 5.74) is 7.06. The quantitative estimate of drug-likeness (QED) is 0.255. The van der Waals surface area contributed by atoms with Crippen molar-refractivity contribution < 1.29 is 14.4 Å². The zero-order valence-corrected chi connectivity index (χ0v) is 29.9. The lowest BCUT2D eigenvalue weighted by Gasteiger charge is -2.42. The molecule has 1 saturated carbocycles. The van der Waals surface area contributed by atoms with Crippen LogP contribution in [0.15, 0.2) is 59.7 Å². The topological polar surface area (TPSA) is 125 Å². The fraction of sp³-hybridized carbons (Fsp3) is 0.463. The van der Waals surface area contributed by atoms with Crippen LogP contribution in [0.1, 0.15) is 97.7 Å². The van der Waals surface area contributed by atoms with Crippen molar-refractivity contribution in [2.45, 2.75) is 94.8 Å². The molecule has 1 atom stereocenters. The SMILES string of the molecule is O=C1CCC(N2Cc3cc(C4CCN(C5CCN(c6ccc7c(c6)n(C6CCCC6)c6nc(=O)c8cnccc8n76)CC5)CC4)ccc3C2=O)C(=O)N1. The van der Waals surface area contributed by atoms with Gasteiger partial charge < -0.3 is 19.3 Å². The third kappa shape index (κ3) is 5.43. The number of imide groups is 1. The summed E-state index contributed by atoms with van der Waals surface area (Å²) < 4.78 is 4.50. The average Bonchev–Trinajstić information content (AvgIpc) is 3.91. The molecule has 7 heterocycles. The van der Waals surface area contributed by atoms with Crippen LogP contribution in [-0.2, 0) is 16.1 Å². The third-order valence-corrected chi connectivity index (χ3v) is 12.9. The lowest BCUT2D eigenvalue weighted by Crippen LogP contribution is -2.52. The molecule has 0 radical (unpaired) electrons. The molecule has 5 aromatic rings. The molecule has 1 unspecified atom stereocenters. The minimum atomic E-state index is -0.583. The first-order chi connectivity index (χ1) is 25.9. The predicted octanol–water partition coefficient (Wildman–Crippen LogP) is 4.92. The van der Waals surface area contributed by atoms with Gasteiger partial charge in [0.1, 0.15) is 6.04 Å². The number of likely N-dealkylation sites (tertiary alicyclic amines) is 1. The summed E-state index contributed by atoms with van der Waals surface area (Å²) in [6.07, 6.45) is 13.1. The third-order valence-electron chi connectivity index (χ3n) is 12.9. The second-order valence-corrected chi connectivity index (χ2v) is 15.8. The number of rotatable bonds is 5. The number of amides is 3. The summed E-state index contributed by atoms with van der Waals surface area (Å²) >= 11 is 0. The second-order valence-electron chi connectivity index (χ2n) is 15.8. The van der Waals surface area contributed by atoms with Gasteiger partial charge in [0.2, 0.25) is 17.6 Å². The summed E-state index contributed by atoms with van der Waals surface area (Å²) in [5.74, 6) is 0.440. The predicted molar refractivity (Wildman–Crippen MR) is 201 cm³/mol. The molecule has 1 N–H and O–H groups in total. The van der Waals surface area contributed by atoms with E-state index in [1.807, 2.05) is 12.1 Å². The number of benzene rings is 2. The Morgan fingerprint density at radius 3 is 2.36 bits per heavy atom. The molecule has 3 amide bonds. The van der Waals surface area contributed by atoms with Crippen LogP contribution in [-0.4, -0.2) is 84.7 Å². The molecule has 0 bridgehead atoms. The number of imidazole rings is 1. The Morgan fingerprint density at radius 2 is 1.57 bits per heavy atom. The van der Waals surface area contributed by atoms with Gasteiger partial charge in [-0.3, -0.25) is 33.9 Å². The van der Waals surface area contributed by atoms with Gasteiger partial charge in [0.15, 0.2) is 0 Å². The Morgan fingerprint density at radius 1 is 0.755 bits per heavy atom. The van der Waals surface area contributed by atoms with Gasteiger partial charge in [-0.2, -0.15) is 4.98 Å². The van der Waals surface area contributed by atoms with Gasteiger partial charge in [-0.1, -0.05) is 25.0 Å². The highest BCUT2D eigenvalue weighted by Crippen LogP contribution is 2.38. The van der Waals surface area contributed by atoms with E-state index in [-0.39, 0.29) is 29.7 Å². The van der Waals surface area contributed by atoms with Crippen molar-refractivity contribution in [1.82, 2.24) is 34.1 Å². The molecule has 4 fully saturated rings. The number of carbonyl (C=O) groups excluding carboxylic acids is 3. The number of piperidine rings is 3. The summed E-state index contributed by atoms with van der Waals surface area (Å²) in [4.78, 5) is 66.1. The van der Waals surface area contributed by atoms with Gasteiger partial charge in [0.05, 0.1) is 21.9 Å². The van der Waals surface area contributed by atoms with Crippen molar-refractivity contribution in [3.63, 3.8) is 0 Å². The molecule has 12 nitrogen and oxygen atoms in total. The maximum Gasteiger partial charge on any atom is 0.283 e. The molecule has 10 rings (SSSR count). The Balaban J connectivity index is 0.815. The molecule has 272 valence electrons. The highest BCUT2D eigenvalue weighted by Gasteiger charge is 2.39. The molecule has 3 saturated heterocycles. The van der Waals surface area contributed by atoms with Crippen LogP contribution in [0, 0.1) is 0 Å². The van der Waals surface area contributed by atoms with E-state index in [0.717, 1.165) is 92.6 Å². The van der Waals surface area contributed by atoms with Gasteiger partial charge in [0, 0.05) is 61.8 Å². The van der Waals surface area contributed by atoms with Crippen molar-refractivity contribution in [1.29, 1.82) is 0 Å². The Hall–Kier alpha value is -5.10. The van der Waals surface area contributed by atoms with E-state index in [2.05, 4.69) is 64.4 Å². The van der Waals surface area contributed by atoms with Gasteiger partial charge in [-0.15, -0.1) is 0 Å². The molecule has 0 spiro atoms. The van der Waals surface area contributed by atoms with E-state index in [1.165, 1.54) is 24.1 Å². The van der Waals surface area contributed by atoms with E-state index in [4.69, 9.17) is 0 Å². The van der Waals surface area contributed by atoms with Crippen LogP contribution in [0.25, 0.3) is 27.7 Å². The first kappa shape index (κ1) is 32.5. The summed E-state index contributed by atoms with van der Waals surface area (Å²) in [6, 6.07) is 15.3. The minimum Gasteiger partial charge on any atom is -0.371 e. The number of aromatic nitrogens is 4. The highest BCUT2D eigenvalue weighted by atomic mass is 16.2. The van der Waals surface area contributed by atoms with E-state index in [9.17, 15) is 19.2 Å². The number of hydrogen-bond acceptors (Lipinski definition) is 8. The highest BCUT2D eigenvalue weighted by molar-refractivity contribution is 6.05. The van der Waals surface area contributed by atoms with Crippen molar-refractivity contribution in [2.24, 2.45) is 0 Å². The molecule has 4 aliphatic heterocycles. The standard InChI is InChI=1S/C41H44N8O4/c50-37-10-9-35(39(52)43-37)47-24-27-21-26(5-7-31(27)40(47)53)25-12-17-45(18-13-25)28-14-19-46(20-15-28)30-6-8-34-36(22-30)48(29-3-1-2-4-29)41-44-38(51)32-23-42-16-11-33(32)49(34)41/h5-8,11,16,21-23,25,28-29,35H,1-4,9-10,12-15,17-20,24H2,(H,43,50,52). The number of nitrogens with one attached hydrogen (secondary N) is 1. The fourth-order valence-corrected chi connectivity index (χ4v) is 10.1. The van der Waals surface area contributed by atoms with Crippen LogP contribution in [0.2, 0.25) is 0 Å². The number of carbonyl (C=O) groups is 3. The smallest absolute Gasteiger partial charge is 0.283 e. The molecule has 3 aromatic heterocycles. The number of nitrogens with zero attached hydrogens (tertiary/aromatic N) is 7. The minimum absolute atomic E-state index is 0.113. The summed E-state index contributed by atoms with van der Waals surface area (Å²) in [5, 5.41) is 2.94. The zero-order chi connectivity index (χ0) is 35.8. The number of pyridine rings is 1. The van der Waals surface area contributed by atoms with Crippen LogP contribution in [0.3, 0.4) is 0 Å². The van der Waals surface area contributed by atoms with Crippen LogP contribution >= 0.6 is 0 Å². The maximum atomic E-state index is 13.2. The van der Waals surface area contributed by atoms with Crippen LogP contribution in [0.4, 0.5) is 5.69 Å². The Bertz CT molecular complexity index is 2360. The first-order valence-electron chi connectivity index (χ1n) is 19.5. The van der Waals surface area contributed by atoms with E-state index in [0.29, 0.717) is 41.9 Å². The number of anilines is 1. The van der Waals surface area contributed by atoms with E-state index >= 15 is 0 Å². The monoisotopic (exact) mass is 712 g/mol. The lowest BCUT2D eigenvalue weighted by atomic mass is 9.86. The second kappa shape index (κ2) is 12.8. The maximum absolute atomic E-state index is 13.2. The van der Waals surface area contributed by atoms with E-state index < -0.39 is 6.04 Å². The Labute approximate surface area is 306 Å². The average molecular weight is 713 g/mol. The van der Waals surface area contributed by atoms with Gasteiger partial charge in [0.25, 0.3) is 11.5 Å². The molecule has 53 heavy (non-hydrogen) atoms. The van der Waals surface area contributed by atoms with E-state index in [1.54, 1.807) is 17.3 Å². The van der Waals surface area contributed by atoms with Gasteiger partial charge >= 0.3 is 0 Å². The van der Waals surface area contributed by atoms with Crippen LogP contribution < -0.4 is 15.8 Å². The summed E-state index contributed by atoms with van der Waals surface area (Å²) in [6.45, 7) is 4.57.